The highest BCUT2D eigenvalue weighted by molar-refractivity contribution is 5.91. The van der Waals surface area contributed by atoms with Gasteiger partial charge in [-0.15, -0.1) is 0 Å². The van der Waals surface area contributed by atoms with E-state index in [1.165, 1.54) is 23.8 Å². The summed E-state index contributed by atoms with van der Waals surface area (Å²) >= 11 is 0. The molecule has 1 fully saturated rings. The molecule has 1 unspecified atom stereocenters. The minimum atomic E-state index is -0.714. The van der Waals surface area contributed by atoms with Crippen molar-refractivity contribution in [2.75, 3.05) is 38.2 Å². The molecule has 1 aromatic rings. The number of carbonyl (C=O) groups excluding carboxylic acids is 4. The zero-order chi connectivity index (χ0) is 23.3. The Bertz CT molecular complexity index is 914. The summed E-state index contributed by atoms with van der Waals surface area (Å²) in [6.07, 6.45) is 1.37. The first kappa shape index (κ1) is 23.1. The van der Waals surface area contributed by atoms with Crippen LogP contribution in [0.3, 0.4) is 0 Å². The fourth-order valence-corrected chi connectivity index (χ4v) is 3.75. The Balaban J connectivity index is 1.71. The Hall–Kier alpha value is -3.56. The molecule has 1 saturated heterocycles. The van der Waals surface area contributed by atoms with Crippen molar-refractivity contribution in [3.63, 3.8) is 0 Å². The number of benzene rings is 1. The smallest absolute Gasteiger partial charge is 0.414 e. The van der Waals surface area contributed by atoms with Crippen molar-refractivity contribution in [3.8, 4) is 0 Å². The fraction of sp³-hybridized carbons (Fsp3) is 0.455. The van der Waals surface area contributed by atoms with Crippen molar-refractivity contribution in [2.45, 2.75) is 32.4 Å². The third-order valence-electron chi connectivity index (χ3n) is 5.39. The van der Waals surface area contributed by atoms with Crippen molar-refractivity contribution >= 4 is 35.3 Å². The van der Waals surface area contributed by atoms with E-state index in [4.69, 9.17) is 9.47 Å². The van der Waals surface area contributed by atoms with Crippen molar-refractivity contribution in [3.05, 3.63) is 35.9 Å². The Morgan fingerprint density at radius 2 is 1.91 bits per heavy atom. The summed E-state index contributed by atoms with van der Waals surface area (Å²) in [4.78, 5) is 50.9. The van der Waals surface area contributed by atoms with Crippen LogP contribution in [0.4, 0.5) is 15.3 Å². The number of ether oxygens (including phenoxy) is 2. The molecule has 0 radical (unpaired) electrons. The summed E-state index contributed by atoms with van der Waals surface area (Å²) in [6, 6.07) is 6.32. The molecule has 4 amide bonds. The Morgan fingerprint density at radius 3 is 2.53 bits per heavy atom. The average molecular weight is 444 g/mol. The van der Waals surface area contributed by atoms with Gasteiger partial charge in [0, 0.05) is 32.1 Å². The van der Waals surface area contributed by atoms with Gasteiger partial charge < -0.3 is 25.0 Å². The van der Waals surface area contributed by atoms with Gasteiger partial charge in [0.2, 0.25) is 5.91 Å². The van der Waals surface area contributed by atoms with Gasteiger partial charge in [0.15, 0.2) is 0 Å². The van der Waals surface area contributed by atoms with Gasteiger partial charge in [0.1, 0.15) is 12.1 Å². The molecular formula is C22H28N4O6. The molecule has 0 aliphatic carbocycles. The maximum absolute atomic E-state index is 12.3. The van der Waals surface area contributed by atoms with Crippen LogP contribution < -0.4 is 15.5 Å². The molecule has 32 heavy (non-hydrogen) atoms. The number of nitrogens with one attached hydrogen (secondary N) is 2. The second kappa shape index (κ2) is 10.2. The number of methoxy groups -OCH3 is 1. The zero-order valence-corrected chi connectivity index (χ0v) is 18.4. The lowest BCUT2D eigenvalue weighted by Gasteiger charge is -2.33. The average Bonchev–Trinajstić information content (AvgIpc) is 3.17. The van der Waals surface area contributed by atoms with Gasteiger partial charge >= 0.3 is 18.1 Å². The zero-order valence-electron chi connectivity index (χ0n) is 18.4. The number of urea groups is 1. The highest BCUT2D eigenvalue weighted by atomic mass is 16.6. The summed E-state index contributed by atoms with van der Waals surface area (Å²) in [5.41, 5.74) is 2.48. The maximum atomic E-state index is 12.3. The van der Waals surface area contributed by atoms with Crippen LogP contribution in [-0.2, 0) is 19.1 Å². The maximum Gasteiger partial charge on any atom is 0.414 e. The van der Waals surface area contributed by atoms with Crippen molar-refractivity contribution in [1.29, 1.82) is 0 Å². The number of amides is 4. The van der Waals surface area contributed by atoms with E-state index in [-0.39, 0.29) is 25.0 Å². The summed E-state index contributed by atoms with van der Waals surface area (Å²) < 4.78 is 10.2. The standard InChI is InChI=1S/C22H28N4O6/c1-4-23-21(29)25-10-9-16(11-19(25)20(28)31-3)15-5-7-17(8-6-15)26-13-18(32-22(26)30)12-24-14(2)27/h5-9,18-19H,4,10-13H2,1-3H3,(H,23,29)(H,24,27)/t18-,19?/m0/s1. The SMILES string of the molecule is CCNC(=O)N1CC=C(c2ccc(N3C[C@H](CNC(C)=O)OC3=O)cc2)CC1C(=O)OC. The van der Waals surface area contributed by atoms with E-state index in [9.17, 15) is 19.2 Å². The molecule has 2 N–H and O–H groups in total. The first-order chi connectivity index (χ1) is 15.3. The number of nitrogens with zero attached hydrogens (tertiary/aromatic N) is 2. The molecule has 2 atom stereocenters. The van der Waals surface area contributed by atoms with E-state index in [0.29, 0.717) is 25.2 Å². The summed E-state index contributed by atoms with van der Waals surface area (Å²) in [7, 11) is 1.30. The van der Waals surface area contributed by atoms with E-state index >= 15 is 0 Å². The van der Waals surface area contributed by atoms with Gasteiger partial charge in [-0.3, -0.25) is 9.69 Å². The number of carbonyl (C=O) groups is 4. The number of anilines is 1. The lowest BCUT2D eigenvalue weighted by atomic mass is 9.94. The van der Waals surface area contributed by atoms with Crippen LogP contribution in [0.25, 0.3) is 5.57 Å². The van der Waals surface area contributed by atoms with Gasteiger partial charge in [-0.1, -0.05) is 18.2 Å². The van der Waals surface area contributed by atoms with Crippen LogP contribution in [0.5, 0.6) is 0 Å². The van der Waals surface area contributed by atoms with Crippen molar-refractivity contribution in [1.82, 2.24) is 15.5 Å². The molecule has 2 heterocycles. The lowest BCUT2D eigenvalue weighted by Crippen LogP contribution is -2.51. The molecule has 1 aromatic carbocycles. The van der Waals surface area contributed by atoms with Gasteiger partial charge in [0.25, 0.3) is 0 Å². The van der Waals surface area contributed by atoms with Crippen LogP contribution in [0.15, 0.2) is 30.3 Å². The van der Waals surface area contributed by atoms with Gasteiger partial charge in [-0.25, -0.2) is 14.4 Å². The summed E-state index contributed by atoms with van der Waals surface area (Å²) in [5, 5.41) is 5.37. The quantitative estimate of drug-likeness (QED) is 0.643. The molecule has 0 saturated carbocycles. The van der Waals surface area contributed by atoms with E-state index in [1.54, 1.807) is 0 Å². The van der Waals surface area contributed by atoms with E-state index in [1.807, 2.05) is 37.3 Å². The number of rotatable bonds is 6. The van der Waals surface area contributed by atoms with E-state index < -0.39 is 24.2 Å². The normalized spacial score (nSPS) is 20.3. The molecule has 0 aromatic heterocycles. The molecular weight excluding hydrogens is 416 g/mol. The molecule has 172 valence electrons. The van der Waals surface area contributed by atoms with Crippen LogP contribution in [0, 0.1) is 0 Å². The number of hydrogen-bond acceptors (Lipinski definition) is 6. The molecule has 2 aliphatic rings. The molecule has 10 nitrogen and oxygen atoms in total. The second-order valence-corrected chi connectivity index (χ2v) is 7.56. The largest absolute Gasteiger partial charge is 0.467 e. The molecule has 10 heteroatoms. The predicted octanol–water partition coefficient (Wildman–Crippen LogP) is 1.51. The molecule has 3 rings (SSSR count). The molecule has 2 aliphatic heterocycles. The van der Waals surface area contributed by atoms with Crippen molar-refractivity contribution in [2.24, 2.45) is 0 Å². The van der Waals surface area contributed by atoms with Gasteiger partial charge in [-0.2, -0.15) is 0 Å². The lowest BCUT2D eigenvalue weighted by molar-refractivity contribution is -0.145. The number of cyclic esters (lactones) is 1. The molecule has 0 bridgehead atoms. The number of hydrogen-bond donors (Lipinski definition) is 2. The van der Waals surface area contributed by atoms with Crippen LogP contribution in [0.1, 0.15) is 25.8 Å². The Kier molecular flexibility index (Phi) is 7.34. The minimum absolute atomic E-state index is 0.180. The van der Waals surface area contributed by atoms with E-state index in [0.717, 1.165) is 11.1 Å². The highest BCUT2D eigenvalue weighted by Crippen LogP contribution is 2.30. The molecule has 0 spiro atoms. The van der Waals surface area contributed by atoms with Crippen molar-refractivity contribution < 1.29 is 28.7 Å². The first-order valence-electron chi connectivity index (χ1n) is 10.5. The van der Waals surface area contributed by atoms with Gasteiger partial charge in [-0.05, 0) is 30.2 Å². The van der Waals surface area contributed by atoms with E-state index in [2.05, 4.69) is 10.6 Å². The summed E-state index contributed by atoms with van der Waals surface area (Å²) in [6.45, 7) is 4.58. The fourth-order valence-electron chi connectivity index (χ4n) is 3.75. The highest BCUT2D eigenvalue weighted by Gasteiger charge is 2.35. The predicted molar refractivity (Wildman–Crippen MR) is 117 cm³/mol. The second-order valence-electron chi connectivity index (χ2n) is 7.56. The van der Waals surface area contributed by atoms with Gasteiger partial charge in [0.05, 0.1) is 20.2 Å². The monoisotopic (exact) mass is 444 g/mol. The third kappa shape index (κ3) is 5.19. The summed E-state index contributed by atoms with van der Waals surface area (Å²) in [5.74, 6) is -0.649. The number of esters is 1. The third-order valence-corrected chi connectivity index (χ3v) is 5.39. The minimum Gasteiger partial charge on any atom is -0.467 e. The van der Waals surface area contributed by atoms with Crippen LogP contribution in [0.2, 0.25) is 0 Å². The van der Waals surface area contributed by atoms with Crippen LogP contribution in [-0.4, -0.2) is 74.3 Å². The Labute approximate surface area is 186 Å². The van der Waals surface area contributed by atoms with Crippen LogP contribution >= 0.6 is 0 Å². The Morgan fingerprint density at radius 1 is 1.19 bits per heavy atom. The first-order valence-corrected chi connectivity index (χ1v) is 10.5. The topological polar surface area (TPSA) is 117 Å².